The highest BCUT2D eigenvalue weighted by Crippen LogP contribution is 2.12. The monoisotopic (exact) mass is 302 g/mol. The minimum absolute atomic E-state index is 0.194. The molecule has 0 aliphatic heterocycles. The maximum atomic E-state index is 11.1. The van der Waals surface area contributed by atoms with E-state index >= 15 is 0 Å². The van der Waals surface area contributed by atoms with Gasteiger partial charge in [-0.15, -0.1) is 0 Å². The summed E-state index contributed by atoms with van der Waals surface area (Å²) in [7, 11) is 1.29. The number of carbonyl (C=O) groups is 2. The van der Waals surface area contributed by atoms with Crippen LogP contribution in [-0.2, 0) is 9.53 Å². The highest BCUT2D eigenvalue weighted by molar-refractivity contribution is 5.94. The topological polar surface area (TPSA) is 95.4 Å². The lowest BCUT2D eigenvalue weighted by Gasteiger charge is -2.06. The molecule has 0 atom stereocenters. The summed E-state index contributed by atoms with van der Waals surface area (Å²) in [5.41, 5.74) is 14.1. The molecule has 0 amide bonds. The number of rotatable bonds is 4. The summed E-state index contributed by atoms with van der Waals surface area (Å²) < 4.78 is 4.51. The zero-order chi connectivity index (χ0) is 17.3. The van der Waals surface area contributed by atoms with Crippen LogP contribution in [0.3, 0.4) is 0 Å². The van der Waals surface area contributed by atoms with Gasteiger partial charge in [0.15, 0.2) is 6.29 Å². The van der Waals surface area contributed by atoms with Gasteiger partial charge in [-0.1, -0.05) is 31.4 Å². The number of anilines is 1. The van der Waals surface area contributed by atoms with E-state index in [-0.39, 0.29) is 11.3 Å². The minimum atomic E-state index is -0.486. The molecule has 0 bridgehead atoms. The Balaban J connectivity index is 0.000000406. The van der Waals surface area contributed by atoms with Gasteiger partial charge in [0.25, 0.3) is 0 Å². The Hall–Kier alpha value is -2.82. The highest BCUT2D eigenvalue weighted by atomic mass is 16.5. The van der Waals surface area contributed by atoms with E-state index in [4.69, 9.17) is 11.5 Å². The SMILES string of the molecule is C=C/C(C)=C(\C(=C)N)C(=O)OC.Cc1cccc(N)c1C=O. The van der Waals surface area contributed by atoms with Crippen molar-refractivity contribution in [2.24, 2.45) is 5.73 Å². The van der Waals surface area contributed by atoms with Gasteiger partial charge in [0.2, 0.25) is 0 Å². The summed E-state index contributed by atoms with van der Waals surface area (Å²) in [5, 5.41) is 0. The summed E-state index contributed by atoms with van der Waals surface area (Å²) in [6.07, 6.45) is 2.31. The Labute approximate surface area is 130 Å². The third-order valence-corrected chi connectivity index (χ3v) is 2.89. The molecule has 0 heterocycles. The average Bonchev–Trinajstić information content (AvgIpc) is 2.47. The van der Waals surface area contributed by atoms with E-state index in [1.165, 1.54) is 13.2 Å². The predicted molar refractivity (Wildman–Crippen MR) is 89.2 cm³/mol. The fraction of sp³-hybridized carbons (Fsp3) is 0.176. The Bertz CT molecular complexity index is 596. The molecule has 0 saturated heterocycles. The molecule has 0 saturated carbocycles. The molecular weight excluding hydrogens is 280 g/mol. The van der Waals surface area contributed by atoms with Crippen LogP contribution in [-0.4, -0.2) is 19.4 Å². The molecule has 0 aromatic heterocycles. The number of benzene rings is 1. The molecule has 1 aromatic carbocycles. The molecule has 5 heteroatoms. The standard InChI is InChI=1S/C9H13NO2.C8H9NO/c1-5-6(2)8(7(3)10)9(11)12-4;1-6-3-2-4-8(9)7(6)5-10/h5H,1,3,10H2,2,4H3;2-5H,9H2,1H3/b8-6+;. The van der Waals surface area contributed by atoms with E-state index < -0.39 is 5.97 Å². The molecule has 5 nitrogen and oxygen atoms in total. The van der Waals surface area contributed by atoms with Crippen molar-refractivity contribution in [2.75, 3.05) is 12.8 Å². The van der Waals surface area contributed by atoms with Gasteiger partial charge < -0.3 is 16.2 Å². The first kappa shape index (κ1) is 19.2. The third kappa shape index (κ3) is 5.28. The van der Waals surface area contributed by atoms with Gasteiger partial charge in [-0.2, -0.15) is 0 Å². The fourth-order valence-electron chi connectivity index (χ4n) is 1.61. The molecule has 0 aliphatic rings. The van der Waals surface area contributed by atoms with Crippen molar-refractivity contribution >= 4 is 17.9 Å². The van der Waals surface area contributed by atoms with E-state index in [0.717, 1.165) is 11.8 Å². The number of aryl methyl sites for hydroxylation is 1. The van der Waals surface area contributed by atoms with Crippen molar-refractivity contribution in [1.29, 1.82) is 0 Å². The largest absolute Gasteiger partial charge is 0.465 e. The molecule has 118 valence electrons. The predicted octanol–water partition coefficient (Wildman–Crippen LogP) is 2.52. The van der Waals surface area contributed by atoms with Crippen molar-refractivity contribution in [3.63, 3.8) is 0 Å². The second-order valence-electron chi connectivity index (χ2n) is 4.47. The van der Waals surface area contributed by atoms with Gasteiger partial charge in [-0.25, -0.2) is 4.79 Å². The number of hydrogen-bond donors (Lipinski definition) is 2. The fourth-order valence-corrected chi connectivity index (χ4v) is 1.61. The van der Waals surface area contributed by atoms with Crippen molar-refractivity contribution < 1.29 is 14.3 Å². The van der Waals surface area contributed by atoms with E-state index in [1.807, 2.05) is 19.1 Å². The first-order valence-corrected chi connectivity index (χ1v) is 6.46. The van der Waals surface area contributed by atoms with Crippen LogP contribution in [0.15, 0.2) is 54.3 Å². The molecule has 0 unspecified atom stereocenters. The van der Waals surface area contributed by atoms with Gasteiger partial charge in [0, 0.05) is 16.9 Å². The Kier molecular flexibility index (Phi) is 8.00. The van der Waals surface area contributed by atoms with E-state index in [9.17, 15) is 9.59 Å². The molecule has 0 aliphatic carbocycles. The summed E-state index contributed by atoms with van der Waals surface area (Å²) in [5.74, 6) is -0.486. The summed E-state index contributed by atoms with van der Waals surface area (Å²) >= 11 is 0. The number of aldehydes is 1. The van der Waals surface area contributed by atoms with Crippen LogP contribution in [0.5, 0.6) is 0 Å². The molecule has 0 radical (unpaired) electrons. The smallest absolute Gasteiger partial charge is 0.340 e. The molecule has 22 heavy (non-hydrogen) atoms. The maximum absolute atomic E-state index is 11.1. The number of methoxy groups -OCH3 is 1. The number of hydrogen-bond acceptors (Lipinski definition) is 5. The zero-order valence-electron chi connectivity index (χ0n) is 13.2. The van der Waals surface area contributed by atoms with Crippen LogP contribution in [0.2, 0.25) is 0 Å². The third-order valence-electron chi connectivity index (χ3n) is 2.89. The lowest BCUT2D eigenvalue weighted by Crippen LogP contribution is -2.13. The number of nitrogen functional groups attached to an aromatic ring is 1. The second-order valence-corrected chi connectivity index (χ2v) is 4.47. The van der Waals surface area contributed by atoms with Gasteiger partial charge in [0.1, 0.15) is 0 Å². The number of carbonyl (C=O) groups excluding carboxylic acids is 2. The number of allylic oxidation sites excluding steroid dienone is 2. The number of ether oxygens (including phenoxy) is 1. The molecule has 1 rings (SSSR count). The second kappa shape index (κ2) is 9.18. The summed E-state index contributed by atoms with van der Waals surface area (Å²) in [4.78, 5) is 21.5. The minimum Gasteiger partial charge on any atom is -0.465 e. The number of nitrogens with two attached hydrogens (primary N) is 2. The van der Waals surface area contributed by atoms with E-state index in [2.05, 4.69) is 17.9 Å². The Morgan fingerprint density at radius 3 is 2.27 bits per heavy atom. The zero-order valence-corrected chi connectivity index (χ0v) is 13.2. The molecule has 0 fully saturated rings. The number of esters is 1. The van der Waals surface area contributed by atoms with Crippen molar-refractivity contribution in [2.45, 2.75) is 13.8 Å². The normalized spacial score (nSPS) is 10.5. The summed E-state index contributed by atoms with van der Waals surface area (Å²) in [6, 6.07) is 5.41. The van der Waals surface area contributed by atoms with Gasteiger partial charge >= 0.3 is 5.97 Å². The Morgan fingerprint density at radius 2 is 1.95 bits per heavy atom. The maximum Gasteiger partial charge on any atom is 0.340 e. The lowest BCUT2D eigenvalue weighted by molar-refractivity contribution is -0.135. The van der Waals surface area contributed by atoms with Crippen LogP contribution in [0.25, 0.3) is 0 Å². The molecule has 0 spiro atoms. The van der Waals surface area contributed by atoms with Crippen LogP contribution in [0, 0.1) is 6.92 Å². The van der Waals surface area contributed by atoms with Crippen LogP contribution in [0.1, 0.15) is 22.8 Å². The van der Waals surface area contributed by atoms with Gasteiger partial charge in [-0.05, 0) is 31.1 Å². The average molecular weight is 302 g/mol. The summed E-state index contributed by atoms with van der Waals surface area (Å²) in [6.45, 7) is 10.6. The van der Waals surface area contributed by atoms with Crippen LogP contribution in [0.4, 0.5) is 5.69 Å². The first-order chi connectivity index (χ1) is 10.3. The van der Waals surface area contributed by atoms with E-state index in [0.29, 0.717) is 16.8 Å². The molecular formula is C17H22N2O3. The van der Waals surface area contributed by atoms with Crippen LogP contribution < -0.4 is 11.5 Å². The van der Waals surface area contributed by atoms with Gasteiger partial charge in [0.05, 0.1) is 12.7 Å². The first-order valence-electron chi connectivity index (χ1n) is 6.46. The molecule has 1 aromatic rings. The quantitative estimate of drug-likeness (QED) is 0.293. The highest BCUT2D eigenvalue weighted by Gasteiger charge is 2.12. The molecule has 4 N–H and O–H groups in total. The Morgan fingerprint density at radius 1 is 1.36 bits per heavy atom. The van der Waals surface area contributed by atoms with Crippen LogP contribution >= 0.6 is 0 Å². The lowest BCUT2D eigenvalue weighted by atomic mass is 10.1. The van der Waals surface area contributed by atoms with E-state index in [1.54, 1.807) is 13.0 Å². The van der Waals surface area contributed by atoms with Crippen molar-refractivity contribution in [1.82, 2.24) is 0 Å². The van der Waals surface area contributed by atoms with Crippen molar-refractivity contribution in [3.8, 4) is 0 Å². The van der Waals surface area contributed by atoms with Gasteiger partial charge in [-0.3, -0.25) is 4.79 Å². The van der Waals surface area contributed by atoms with Crippen molar-refractivity contribution in [3.05, 3.63) is 65.4 Å².